The Labute approximate surface area is 188 Å². The fourth-order valence-electron chi connectivity index (χ4n) is 3.56. The molecule has 5 nitrogen and oxygen atoms in total. The molecule has 0 bridgehead atoms. The van der Waals surface area contributed by atoms with Gasteiger partial charge in [-0.15, -0.1) is 0 Å². The van der Waals surface area contributed by atoms with Crippen LogP contribution in [0.4, 0.5) is 4.39 Å². The van der Waals surface area contributed by atoms with Crippen LogP contribution in [0, 0.1) is 5.82 Å². The van der Waals surface area contributed by atoms with E-state index in [1.807, 2.05) is 30.3 Å². The van der Waals surface area contributed by atoms with Crippen LogP contribution >= 0.6 is 15.9 Å². The van der Waals surface area contributed by atoms with Crippen molar-refractivity contribution >= 4 is 31.9 Å². The summed E-state index contributed by atoms with van der Waals surface area (Å²) in [6.07, 6.45) is 0.156. The van der Waals surface area contributed by atoms with Gasteiger partial charge in [0.05, 0.1) is 0 Å². The highest BCUT2D eigenvalue weighted by Gasteiger charge is 2.41. The minimum atomic E-state index is -4.27. The van der Waals surface area contributed by atoms with Crippen molar-refractivity contribution in [3.05, 3.63) is 99.8 Å². The Morgan fingerprint density at radius 2 is 1.65 bits per heavy atom. The number of esters is 1. The van der Waals surface area contributed by atoms with E-state index < -0.39 is 32.7 Å². The van der Waals surface area contributed by atoms with Crippen molar-refractivity contribution in [2.24, 2.45) is 0 Å². The highest BCUT2D eigenvalue weighted by atomic mass is 79.9. The number of carbonyl (C=O) groups is 1. The maximum absolute atomic E-state index is 14.3. The second-order valence-electron chi connectivity index (χ2n) is 7.20. The fraction of sp³-hybridized carbons (Fsp3) is 0.174. The number of sulfonamides is 1. The van der Waals surface area contributed by atoms with Crippen molar-refractivity contribution in [1.82, 2.24) is 4.31 Å². The zero-order valence-corrected chi connectivity index (χ0v) is 18.8. The molecule has 31 heavy (non-hydrogen) atoms. The maximum Gasteiger partial charge on any atom is 0.325 e. The third kappa shape index (κ3) is 4.56. The molecule has 0 saturated heterocycles. The van der Waals surface area contributed by atoms with Gasteiger partial charge in [0.25, 0.3) is 0 Å². The summed E-state index contributed by atoms with van der Waals surface area (Å²) in [5, 5.41) is 0. The minimum absolute atomic E-state index is 0.0118. The zero-order chi connectivity index (χ0) is 22.0. The number of halogens is 2. The molecular formula is C23H19BrFNO4S. The van der Waals surface area contributed by atoms with Crippen LogP contribution in [0.3, 0.4) is 0 Å². The molecule has 0 fully saturated rings. The Hall–Kier alpha value is -2.55. The van der Waals surface area contributed by atoms with E-state index in [-0.39, 0.29) is 19.6 Å². The second-order valence-corrected chi connectivity index (χ2v) is 9.98. The molecule has 1 heterocycles. The van der Waals surface area contributed by atoms with E-state index in [1.165, 1.54) is 18.2 Å². The van der Waals surface area contributed by atoms with Crippen LogP contribution in [0.2, 0.25) is 0 Å². The summed E-state index contributed by atoms with van der Waals surface area (Å²) in [5.74, 6) is -1.53. The average molecular weight is 504 g/mol. The Kier molecular flexibility index (Phi) is 6.22. The van der Waals surface area contributed by atoms with Crippen molar-refractivity contribution in [2.45, 2.75) is 30.5 Å². The summed E-state index contributed by atoms with van der Waals surface area (Å²) in [6.45, 7) is -0.0251. The summed E-state index contributed by atoms with van der Waals surface area (Å²) in [5.41, 5.74) is 2.42. The molecule has 4 rings (SSSR count). The lowest BCUT2D eigenvalue weighted by Gasteiger charge is -2.34. The average Bonchev–Trinajstić information content (AvgIpc) is 2.77. The molecule has 1 aliphatic heterocycles. The van der Waals surface area contributed by atoms with Gasteiger partial charge < -0.3 is 4.74 Å². The summed E-state index contributed by atoms with van der Waals surface area (Å²) in [6, 6.07) is 18.7. The summed E-state index contributed by atoms with van der Waals surface area (Å²) < 4.78 is 48.4. The van der Waals surface area contributed by atoms with E-state index in [1.54, 1.807) is 18.2 Å². The van der Waals surface area contributed by atoms with Crippen LogP contribution in [0.1, 0.15) is 16.7 Å². The molecule has 0 radical (unpaired) electrons. The van der Waals surface area contributed by atoms with E-state index in [0.717, 1.165) is 31.5 Å². The Balaban J connectivity index is 1.65. The van der Waals surface area contributed by atoms with Crippen molar-refractivity contribution in [1.29, 1.82) is 0 Å². The number of hydrogen-bond donors (Lipinski definition) is 0. The maximum atomic E-state index is 14.3. The first-order chi connectivity index (χ1) is 14.9. The van der Waals surface area contributed by atoms with Gasteiger partial charge in [-0.1, -0.05) is 64.5 Å². The van der Waals surface area contributed by atoms with E-state index >= 15 is 0 Å². The van der Waals surface area contributed by atoms with Crippen molar-refractivity contribution in [3.63, 3.8) is 0 Å². The second kappa shape index (κ2) is 8.90. The van der Waals surface area contributed by atoms with Gasteiger partial charge in [-0.25, -0.2) is 12.8 Å². The van der Waals surface area contributed by atoms with Gasteiger partial charge in [0.1, 0.15) is 23.4 Å². The van der Waals surface area contributed by atoms with Crippen molar-refractivity contribution in [3.8, 4) is 0 Å². The smallest absolute Gasteiger partial charge is 0.325 e. The first kappa shape index (κ1) is 21.7. The largest absolute Gasteiger partial charge is 0.460 e. The number of nitrogens with zero attached hydrogens (tertiary/aromatic N) is 1. The molecule has 0 saturated carbocycles. The Morgan fingerprint density at radius 3 is 2.35 bits per heavy atom. The molecule has 0 N–H and O–H groups in total. The quantitative estimate of drug-likeness (QED) is 0.482. The van der Waals surface area contributed by atoms with Gasteiger partial charge in [0.15, 0.2) is 0 Å². The van der Waals surface area contributed by atoms with Gasteiger partial charge in [-0.2, -0.15) is 4.31 Å². The number of carbonyl (C=O) groups excluding carboxylic acids is 1. The van der Waals surface area contributed by atoms with Crippen molar-refractivity contribution < 1.29 is 22.3 Å². The highest BCUT2D eigenvalue weighted by Crippen LogP contribution is 2.30. The van der Waals surface area contributed by atoms with Gasteiger partial charge >= 0.3 is 5.97 Å². The normalized spacial score (nSPS) is 16.5. The monoisotopic (exact) mass is 503 g/mol. The summed E-state index contributed by atoms with van der Waals surface area (Å²) >= 11 is 3.35. The van der Waals surface area contributed by atoms with Crippen LogP contribution in [0.5, 0.6) is 0 Å². The van der Waals surface area contributed by atoms with Crippen LogP contribution in [-0.4, -0.2) is 24.7 Å². The van der Waals surface area contributed by atoms with E-state index in [2.05, 4.69) is 15.9 Å². The van der Waals surface area contributed by atoms with Gasteiger partial charge in [-0.3, -0.25) is 4.79 Å². The molecule has 0 spiro atoms. The minimum Gasteiger partial charge on any atom is -0.460 e. The Morgan fingerprint density at radius 1 is 1.00 bits per heavy atom. The van der Waals surface area contributed by atoms with Gasteiger partial charge in [0, 0.05) is 17.4 Å². The molecule has 3 aromatic rings. The third-order valence-corrected chi connectivity index (χ3v) is 7.61. The zero-order valence-electron chi connectivity index (χ0n) is 16.4. The predicted molar refractivity (Wildman–Crippen MR) is 117 cm³/mol. The first-order valence-electron chi connectivity index (χ1n) is 9.60. The molecule has 8 heteroatoms. The van der Waals surface area contributed by atoms with Crippen LogP contribution in [0.25, 0.3) is 0 Å². The first-order valence-corrected chi connectivity index (χ1v) is 11.8. The number of rotatable bonds is 5. The molecule has 1 atom stereocenters. The number of hydrogen-bond acceptors (Lipinski definition) is 4. The lowest BCUT2D eigenvalue weighted by Crippen LogP contribution is -2.49. The lowest BCUT2D eigenvalue weighted by molar-refractivity contribution is -0.150. The predicted octanol–water partition coefficient (Wildman–Crippen LogP) is 4.45. The number of benzene rings is 3. The molecule has 0 aromatic heterocycles. The van der Waals surface area contributed by atoms with Crippen LogP contribution in [-0.2, 0) is 39.1 Å². The van der Waals surface area contributed by atoms with Crippen molar-refractivity contribution in [2.75, 3.05) is 0 Å². The number of ether oxygens (including phenoxy) is 1. The van der Waals surface area contributed by atoms with Gasteiger partial charge in [-0.05, 0) is 41.0 Å². The van der Waals surface area contributed by atoms with E-state index in [0.29, 0.717) is 0 Å². The molecule has 3 aromatic carbocycles. The topological polar surface area (TPSA) is 63.7 Å². The van der Waals surface area contributed by atoms with Gasteiger partial charge in [0.2, 0.25) is 10.0 Å². The standard InChI is InChI=1S/C23H19BrFNO4S/c24-19-11-9-16(10-12-19)15-30-23(27)21-13-17-5-1-2-6-18(17)14-26(21)31(28,29)22-8-4-3-7-20(22)25/h1-12,21H,13-15H2. The number of fused-ring (bicyclic) bond motifs is 1. The SMILES string of the molecule is O=C(OCc1ccc(Br)cc1)C1Cc2ccccc2CN1S(=O)(=O)c1ccccc1F. The third-order valence-electron chi connectivity index (χ3n) is 5.20. The molecule has 1 unspecified atom stereocenters. The fourth-order valence-corrected chi connectivity index (χ4v) is 5.45. The van der Waals surface area contributed by atoms with Crippen LogP contribution in [0.15, 0.2) is 82.2 Å². The van der Waals surface area contributed by atoms with E-state index in [4.69, 9.17) is 4.74 Å². The molecule has 0 amide bonds. The molecule has 160 valence electrons. The molecule has 0 aliphatic carbocycles. The van der Waals surface area contributed by atoms with Crippen LogP contribution < -0.4 is 0 Å². The van der Waals surface area contributed by atoms with E-state index in [9.17, 15) is 17.6 Å². The summed E-state index contributed by atoms with van der Waals surface area (Å²) in [7, 11) is -4.27. The summed E-state index contributed by atoms with van der Waals surface area (Å²) in [4.78, 5) is 12.5. The highest BCUT2D eigenvalue weighted by molar-refractivity contribution is 9.10. The Bertz CT molecular complexity index is 1210. The molecular weight excluding hydrogens is 485 g/mol. The lowest BCUT2D eigenvalue weighted by atomic mass is 9.96. The molecule has 1 aliphatic rings.